The van der Waals surface area contributed by atoms with E-state index >= 15 is 0 Å². The Kier molecular flexibility index (Phi) is 5.43. The molecule has 2 aliphatic rings. The maximum absolute atomic E-state index is 13.2. The second kappa shape index (κ2) is 7.05. The van der Waals surface area contributed by atoms with Crippen molar-refractivity contribution in [3.63, 3.8) is 0 Å². The molecule has 0 amide bonds. The van der Waals surface area contributed by atoms with Gasteiger partial charge in [-0.3, -0.25) is 9.79 Å². The molecule has 3 atom stereocenters. The molecule has 0 saturated heterocycles. The maximum Gasteiger partial charge on any atom is 0.433 e. The highest BCUT2D eigenvalue weighted by atomic mass is 19.4. The second-order valence-corrected chi connectivity index (χ2v) is 6.53. The van der Waals surface area contributed by atoms with Crippen LogP contribution in [-0.4, -0.2) is 41.6 Å². The van der Waals surface area contributed by atoms with Crippen molar-refractivity contribution in [1.29, 1.82) is 0 Å². The lowest BCUT2D eigenvalue weighted by atomic mass is 9.83. The van der Waals surface area contributed by atoms with E-state index in [1.54, 1.807) is 6.92 Å². The number of ether oxygens (including phenoxy) is 1. The van der Waals surface area contributed by atoms with E-state index in [4.69, 9.17) is 15.6 Å². The van der Waals surface area contributed by atoms with Crippen molar-refractivity contribution in [2.45, 2.75) is 51.2 Å². The Hall–Kier alpha value is -2.06. The average Bonchev–Trinajstić information content (AvgIpc) is 3.18. The van der Waals surface area contributed by atoms with Gasteiger partial charge in [-0.15, -0.1) is 0 Å². The molecule has 2 fully saturated rings. The van der Waals surface area contributed by atoms with Crippen molar-refractivity contribution in [2.75, 3.05) is 6.61 Å². The Morgan fingerprint density at radius 2 is 2.12 bits per heavy atom. The fraction of sp³-hybridized carbons (Fsp3) is 0.688. The Bertz CT molecular complexity index is 615. The fourth-order valence-corrected chi connectivity index (χ4v) is 3.62. The van der Waals surface area contributed by atoms with Crippen LogP contribution in [0.3, 0.4) is 0 Å². The first kappa shape index (κ1) is 19.3. The van der Waals surface area contributed by atoms with Gasteiger partial charge in [0.2, 0.25) is 0 Å². The Labute approximate surface area is 142 Å². The predicted octanol–water partition coefficient (Wildman–Crippen LogP) is 2.43. The number of carboxylic acids is 1. The minimum atomic E-state index is -4.90. The highest BCUT2D eigenvalue weighted by Crippen LogP contribution is 2.64. The van der Waals surface area contributed by atoms with Gasteiger partial charge in [0.1, 0.15) is 5.57 Å². The van der Waals surface area contributed by atoms with Crippen LogP contribution in [0, 0.1) is 11.3 Å². The summed E-state index contributed by atoms with van der Waals surface area (Å²) >= 11 is 0. The predicted molar refractivity (Wildman–Crippen MR) is 82.8 cm³/mol. The summed E-state index contributed by atoms with van der Waals surface area (Å²) in [7, 11) is 0. The largest absolute Gasteiger partial charge is 0.478 e. The number of halogens is 3. The van der Waals surface area contributed by atoms with Gasteiger partial charge in [-0.05, 0) is 43.9 Å². The van der Waals surface area contributed by atoms with Crippen molar-refractivity contribution in [2.24, 2.45) is 22.1 Å². The van der Waals surface area contributed by atoms with Gasteiger partial charge in [-0.2, -0.15) is 13.2 Å². The highest BCUT2D eigenvalue weighted by Gasteiger charge is 2.58. The summed E-state index contributed by atoms with van der Waals surface area (Å²) in [4.78, 5) is 26.3. The summed E-state index contributed by atoms with van der Waals surface area (Å²) in [5, 5.41) is 8.91. The molecule has 0 heterocycles. The van der Waals surface area contributed by atoms with Crippen LogP contribution < -0.4 is 5.73 Å². The number of carbonyl (C=O) groups is 2. The van der Waals surface area contributed by atoms with Gasteiger partial charge in [-0.1, -0.05) is 0 Å². The first-order valence-electron chi connectivity index (χ1n) is 8.09. The third-order valence-electron chi connectivity index (χ3n) is 4.92. The zero-order chi connectivity index (χ0) is 18.8. The number of rotatable bonds is 6. The third-order valence-corrected chi connectivity index (χ3v) is 4.92. The molecular formula is C16H21F3N2O4. The van der Waals surface area contributed by atoms with Gasteiger partial charge in [-0.25, -0.2) is 4.79 Å². The third kappa shape index (κ3) is 4.32. The lowest BCUT2D eigenvalue weighted by Gasteiger charge is -2.26. The summed E-state index contributed by atoms with van der Waals surface area (Å²) in [6.45, 7) is 2.01. The smallest absolute Gasteiger partial charge is 0.433 e. The minimum Gasteiger partial charge on any atom is -0.478 e. The summed E-state index contributed by atoms with van der Waals surface area (Å²) < 4.78 is 44.4. The SMILES string of the molecule is CCOC(=O)C[C@]12CC[C@@H](N=C(C(=CN)C(=O)O)C(F)(F)F)CC1C2. The van der Waals surface area contributed by atoms with Crippen molar-refractivity contribution < 1.29 is 32.6 Å². The fourth-order valence-electron chi connectivity index (χ4n) is 3.62. The summed E-state index contributed by atoms with van der Waals surface area (Å²) in [6.07, 6.45) is -2.10. The van der Waals surface area contributed by atoms with Crippen LogP contribution in [-0.2, 0) is 14.3 Å². The molecule has 0 aromatic carbocycles. The van der Waals surface area contributed by atoms with Crippen LogP contribution in [0.25, 0.3) is 0 Å². The quantitative estimate of drug-likeness (QED) is 0.429. The Balaban J connectivity index is 2.10. The van der Waals surface area contributed by atoms with E-state index in [0.717, 1.165) is 6.42 Å². The molecule has 9 heteroatoms. The zero-order valence-electron chi connectivity index (χ0n) is 13.8. The molecule has 25 heavy (non-hydrogen) atoms. The highest BCUT2D eigenvalue weighted by molar-refractivity contribution is 6.21. The summed E-state index contributed by atoms with van der Waals surface area (Å²) in [6, 6.07) is -0.631. The van der Waals surface area contributed by atoms with Gasteiger partial charge in [0.05, 0.1) is 19.1 Å². The van der Waals surface area contributed by atoms with Crippen LogP contribution >= 0.6 is 0 Å². The molecule has 0 spiro atoms. The Morgan fingerprint density at radius 3 is 2.60 bits per heavy atom. The summed E-state index contributed by atoms with van der Waals surface area (Å²) in [5.74, 6) is -1.94. The maximum atomic E-state index is 13.2. The molecule has 0 aliphatic heterocycles. The van der Waals surface area contributed by atoms with Crippen molar-refractivity contribution >= 4 is 17.7 Å². The number of nitrogens with two attached hydrogens (primary N) is 1. The normalized spacial score (nSPS) is 29.8. The van der Waals surface area contributed by atoms with Crippen LogP contribution in [0.1, 0.15) is 39.0 Å². The van der Waals surface area contributed by atoms with Crippen LogP contribution in [0.2, 0.25) is 0 Å². The van der Waals surface area contributed by atoms with Crippen LogP contribution in [0.15, 0.2) is 16.8 Å². The number of fused-ring (bicyclic) bond motifs is 1. The second-order valence-electron chi connectivity index (χ2n) is 6.53. The molecule has 140 valence electrons. The van der Waals surface area contributed by atoms with Crippen molar-refractivity contribution in [1.82, 2.24) is 0 Å². The molecule has 0 aromatic rings. The lowest BCUT2D eigenvalue weighted by Crippen LogP contribution is -2.32. The van der Waals surface area contributed by atoms with E-state index in [0.29, 0.717) is 32.1 Å². The van der Waals surface area contributed by atoms with Gasteiger partial charge in [0.25, 0.3) is 0 Å². The first-order chi connectivity index (χ1) is 11.6. The van der Waals surface area contributed by atoms with Crippen LogP contribution in [0.4, 0.5) is 13.2 Å². The number of esters is 1. The van der Waals surface area contributed by atoms with E-state index < -0.39 is 29.5 Å². The number of alkyl halides is 3. The Morgan fingerprint density at radius 1 is 1.44 bits per heavy atom. The molecule has 6 nitrogen and oxygen atoms in total. The van der Waals surface area contributed by atoms with E-state index in [1.165, 1.54) is 0 Å². The standard InChI is InChI=1S/C16H21F3N2O4/c1-2-25-12(22)7-15-4-3-10(5-9(15)6-15)21-13(16(17,18)19)11(8-20)14(23)24/h8-10H,2-7,20H2,1H3,(H,23,24)/t9?,10-,15-/m1/s1. The molecule has 0 radical (unpaired) electrons. The van der Waals surface area contributed by atoms with Crippen molar-refractivity contribution in [3.8, 4) is 0 Å². The topological polar surface area (TPSA) is 102 Å². The van der Waals surface area contributed by atoms with Gasteiger partial charge in [0.15, 0.2) is 5.71 Å². The molecule has 2 aliphatic carbocycles. The lowest BCUT2D eigenvalue weighted by molar-refractivity contribution is -0.145. The average molecular weight is 362 g/mol. The molecule has 2 rings (SSSR count). The summed E-state index contributed by atoms with van der Waals surface area (Å²) in [5.41, 5.74) is 2.35. The molecule has 1 unspecified atom stereocenters. The molecular weight excluding hydrogens is 341 g/mol. The number of carboxylic acid groups (broad SMARTS) is 1. The molecule has 0 bridgehead atoms. The van der Waals surface area contributed by atoms with E-state index in [-0.39, 0.29) is 23.7 Å². The molecule has 3 N–H and O–H groups in total. The minimum absolute atomic E-state index is 0.115. The number of hydrogen-bond donors (Lipinski definition) is 2. The van der Waals surface area contributed by atoms with Gasteiger partial charge >= 0.3 is 18.1 Å². The monoisotopic (exact) mass is 362 g/mol. The van der Waals surface area contributed by atoms with Crippen molar-refractivity contribution in [3.05, 3.63) is 11.8 Å². The first-order valence-corrected chi connectivity index (χ1v) is 8.09. The molecule has 0 aromatic heterocycles. The number of carbonyl (C=O) groups excluding carboxylic acids is 1. The van der Waals surface area contributed by atoms with E-state index in [2.05, 4.69) is 4.99 Å². The number of aliphatic carboxylic acids is 1. The van der Waals surface area contributed by atoms with Crippen LogP contribution in [0.5, 0.6) is 0 Å². The van der Waals surface area contributed by atoms with Gasteiger partial charge < -0.3 is 15.6 Å². The zero-order valence-corrected chi connectivity index (χ0v) is 13.8. The number of nitrogens with zero attached hydrogens (tertiary/aromatic N) is 1. The number of aliphatic imine (C=N–C) groups is 1. The van der Waals surface area contributed by atoms with E-state index in [9.17, 15) is 22.8 Å². The number of hydrogen-bond acceptors (Lipinski definition) is 5. The molecule has 2 saturated carbocycles. The van der Waals surface area contributed by atoms with Gasteiger partial charge in [0, 0.05) is 6.20 Å². The van der Waals surface area contributed by atoms with E-state index in [1.807, 2.05) is 0 Å².